The molecule has 0 aliphatic heterocycles. The van der Waals surface area contributed by atoms with Gasteiger partial charge in [-0.3, -0.25) is 4.21 Å². The van der Waals surface area contributed by atoms with E-state index in [0.29, 0.717) is 5.57 Å². The van der Waals surface area contributed by atoms with Crippen LogP contribution in [0.2, 0.25) is 0 Å². The van der Waals surface area contributed by atoms with Gasteiger partial charge in [0.2, 0.25) is 0 Å². The fraction of sp³-hybridized carbons (Fsp3) is 0.0667. The van der Waals surface area contributed by atoms with Crippen LogP contribution in [0.25, 0.3) is 5.57 Å². The first-order valence-electron chi connectivity index (χ1n) is 5.62. The zero-order valence-electron chi connectivity index (χ0n) is 10.3. The Kier molecular flexibility index (Phi) is 4.22. The molecule has 0 saturated carbocycles. The second kappa shape index (κ2) is 5.89. The van der Waals surface area contributed by atoms with E-state index in [-0.39, 0.29) is 11.6 Å². The van der Waals surface area contributed by atoms with Crippen LogP contribution in [0.15, 0.2) is 53.9 Å². The summed E-state index contributed by atoms with van der Waals surface area (Å²) < 4.78 is 37.3. The molecule has 2 rings (SSSR count). The molecule has 1 unspecified atom stereocenters. The van der Waals surface area contributed by atoms with Crippen LogP contribution in [-0.4, -0.2) is 10.5 Å². The predicted molar refractivity (Wildman–Crippen MR) is 73.9 cm³/mol. The molecule has 0 aromatic heterocycles. The van der Waals surface area contributed by atoms with Crippen molar-refractivity contribution in [3.8, 4) is 0 Å². The van der Waals surface area contributed by atoms with Gasteiger partial charge in [-0.1, -0.05) is 24.3 Å². The first kappa shape index (κ1) is 13.6. The number of rotatable bonds is 3. The Hall–Kier alpha value is -1.81. The number of hydrogen-bond donors (Lipinski definition) is 0. The Bertz CT molecular complexity index is 568. The van der Waals surface area contributed by atoms with Gasteiger partial charge in [-0.15, -0.1) is 0 Å². The van der Waals surface area contributed by atoms with Gasteiger partial charge in [0.25, 0.3) is 0 Å². The van der Waals surface area contributed by atoms with Crippen LogP contribution in [0, 0.1) is 11.6 Å². The minimum Gasteiger partial charge on any atom is -0.255 e. The van der Waals surface area contributed by atoms with Crippen molar-refractivity contribution in [3.05, 3.63) is 76.7 Å². The molecule has 0 amide bonds. The lowest BCUT2D eigenvalue weighted by atomic mass is 10.00. The summed E-state index contributed by atoms with van der Waals surface area (Å²) in [5.74, 6) is -0.667. The molecule has 98 valence electrons. The summed E-state index contributed by atoms with van der Waals surface area (Å²) in [5.41, 5.74) is 2.17. The molecular weight excluding hydrogens is 266 g/mol. The van der Waals surface area contributed by atoms with Gasteiger partial charge in [0, 0.05) is 22.5 Å². The normalized spacial score (nSPS) is 11.9. The molecular formula is C15H12F2OS. The van der Waals surface area contributed by atoms with E-state index < -0.39 is 10.8 Å². The van der Waals surface area contributed by atoms with Crippen molar-refractivity contribution in [1.29, 1.82) is 0 Å². The van der Waals surface area contributed by atoms with E-state index in [0.717, 1.165) is 11.1 Å². The molecule has 0 aliphatic carbocycles. The Morgan fingerprint density at radius 2 is 1.26 bits per heavy atom. The molecule has 1 nitrogen and oxygen atoms in total. The fourth-order valence-electron chi connectivity index (χ4n) is 1.73. The van der Waals surface area contributed by atoms with E-state index in [1.54, 1.807) is 35.9 Å². The maximum Gasteiger partial charge on any atom is 0.123 e. The van der Waals surface area contributed by atoms with Crippen molar-refractivity contribution >= 4 is 16.4 Å². The van der Waals surface area contributed by atoms with E-state index in [1.165, 1.54) is 24.3 Å². The van der Waals surface area contributed by atoms with Crippen LogP contribution in [0.5, 0.6) is 0 Å². The monoisotopic (exact) mass is 278 g/mol. The van der Waals surface area contributed by atoms with E-state index in [9.17, 15) is 13.0 Å². The van der Waals surface area contributed by atoms with Gasteiger partial charge in [0.05, 0.1) is 0 Å². The van der Waals surface area contributed by atoms with E-state index >= 15 is 0 Å². The quantitative estimate of drug-likeness (QED) is 0.836. The number of hydrogen-bond acceptors (Lipinski definition) is 1. The van der Waals surface area contributed by atoms with Crippen molar-refractivity contribution < 1.29 is 13.0 Å². The van der Waals surface area contributed by atoms with Gasteiger partial charge >= 0.3 is 0 Å². The SMILES string of the molecule is CS(=O)C=C(c1ccc(F)cc1)c1ccc(F)cc1. The van der Waals surface area contributed by atoms with Crippen LogP contribution < -0.4 is 0 Å². The molecule has 0 N–H and O–H groups in total. The molecule has 0 bridgehead atoms. The Morgan fingerprint density at radius 1 is 0.895 bits per heavy atom. The van der Waals surface area contributed by atoms with Crippen LogP contribution in [0.1, 0.15) is 11.1 Å². The van der Waals surface area contributed by atoms with E-state index in [2.05, 4.69) is 0 Å². The zero-order chi connectivity index (χ0) is 13.8. The highest BCUT2D eigenvalue weighted by Gasteiger charge is 2.06. The molecule has 1 atom stereocenters. The number of halogens is 2. The Morgan fingerprint density at radius 3 is 1.58 bits per heavy atom. The average Bonchev–Trinajstić information content (AvgIpc) is 2.38. The highest BCUT2D eigenvalue weighted by molar-refractivity contribution is 7.87. The first-order valence-corrected chi connectivity index (χ1v) is 7.24. The Labute approximate surface area is 113 Å². The molecule has 0 fully saturated rings. The summed E-state index contributed by atoms with van der Waals surface area (Å²) in [4.78, 5) is 0. The summed E-state index contributed by atoms with van der Waals surface area (Å²) in [6.07, 6.45) is 1.55. The predicted octanol–water partition coefficient (Wildman–Crippen LogP) is 3.73. The van der Waals surface area contributed by atoms with Crippen molar-refractivity contribution in [2.45, 2.75) is 0 Å². The van der Waals surface area contributed by atoms with Gasteiger partial charge in [-0.2, -0.15) is 0 Å². The molecule has 0 spiro atoms. The van der Waals surface area contributed by atoms with Crippen molar-refractivity contribution in [3.63, 3.8) is 0 Å². The van der Waals surface area contributed by atoms with Gasteiger partial charge in [0.1, 0.15) is 11.6 Å². The van der Waals surface area contributed by atoms with Crippen LogP contribution in [-0.2, 0) is 10.8 Å². The van der Waals surface area contributed by atoms with E-state index in [1.807, 2.05) is 0 Å². The third-order valence-electron chi connectivity index (χ3n) is 2.59. The van der Waals surface area contributed by atoms with Crippen LogP contribution in [0.4, 0.5) is 8.78 Å². The highest BCUT2D eigenvalue weighted by Crippen LogP contribution is 2.24. The lowest BCUT2D eigenvalue weighted by Gasteiger charge is -2.08. The lowest BCUT2D eigenvalue weighted by Crippen LogP contribution is -1.91. The first-order chi connectivity index (χ1) is 9.06. The summed E-state index contributed by atoms with van der Waals surface area (Å²) in [6, 6.07) is 11.8. The van der Waals surface area contributed by atoms with E-state index in [4.69, 9.17) is 0 Å². The van der Waals surface area contributed by atoms with Gasteiger partial charge in [-0.05, 0) is 41.0 Å². The maximum atomic E-state index is 12.9. The molecule has 19 heavy (non-hydrogen) atoms. The molecule has 0 aliphatic rings. The lowest BCUT2D eigenvalue weighted by molar-refractivity contribution is 0.627. The maximum absolute atomic E-state index is 12.9. The second-order valence-corrected chi connectivity index (χ2v) is 5.28. The smallest absolute Gasteiger partial charge is 0.123 e. The summed E-state index contributed by atoms with van der Waals surface area (Å²) >= 11 is 0. The van der Waals surface area contributed by atoms with Crippen LogP contribution in [0.3, 0.4) is 0 Å². The van der Waals surface area contributed by atoms with Gasteiger partial charge in [0.15, 0.2) is 0 Å². The minimum atomic E-state index is -1.16. The van der Waals surface area contributed by atoms with Gasteiger partial charge < -0.3 is 0 Å². The van der Waals surface area contributed by atoms with Crippen molar-refractivity contribution in [1.82, 2.24) is 0 Å². The summed E-state index contributed by atoms with van der Waals surface area (Å²) in [6.45, 7) is 0. The van der Waals surface area contributed by atoms with Crippen LogP contribution >= 0.6 is 0 Å². The summed E-state index contributed by atoms with van der Waals surface area (Å²) in [7, 11) is -1.16. The number of benzene rings is 2. The molecule has 4 heteroatoms. The standard InChI is InChI=1S/C15H12F2OS/c1-19(18)10-15(11-2-6-13(16)7-3-11)12-4-8-14(17)9-5-12/h2-10H,1H3. The molecule has 2 aromatic rings. The third kappa shape index (κ3) is 3.58. The molecule has 0 saturated heterocycles. The average molecular weight is 278 g/mol. The Balaban J connectivity index is 2.50. The largest absolute Gasteiger partial charge is 0.255 e. The fourth-order valence-corrected chi connectivity index (χ4v) is 2.33. The summed E-state index contributed by atoms with van der Waals surface area (Å²) in [5, 5.41) is 1.57. The van der Waals surface area contributed by atoms with Gasteiger partial charge in [-0.25, -0.2) is 8.78 Å². The minimum absolute atomic E-state index is 0.333. The zero-order valence-corrected chi connectivity index (χ0v) is 11.1. The van der Waals surface area contributed by atoms with Crippen molar-refractivity contribution in [2.24, 2.45) is 0 Å². The molecule has 2 aromatic carbocycles. The highest BCUT2D eigenvalue weighted by atomic mass is 32.2. The molecule has 0 heterocycles. The second-order valence-electron chi connectivity index (χ2n) is 4.04. The van der Waals surface area contributed by atoms with Crippen molar-refractivity contribution in [2.75, 3.05) is 6.26 Å². The molecule has 0 radical (unpaired) electrons. The topological polar surface area (TPSA) is 17.1 Å². The third-order valence-corrected chi connectivity index (χ3v) is 3.16.